The molecule has 1 amide bonds. The van der Waals surface area contributed by atoms with Gasteiger partial charge in [0, 0.05) is 19.7 Å². The summed E-state index contributed by atoms with van der Waals surface area (Å²) in [6.07, 6.45) is 7.32. The van der Waals surface area contributed by atoms with Crippen LogP contribution in [0, 0.1) is 5.41 Å². The van der Waals surface area contributed by atoms with E-state index in [0.717, 1.165) is 19.3 Å². The lowest BCUT2D eigenvalue weighted by atomic mass is 9.71. The van der Waals surface area contributed by atoms with Crippen LogP contribution in [-0.2, 0) is 9.59 Å². The number of carboxylic acids is 1. The number of rotatable bonds is 4. The van der Waals surface area contributed by atoms with E-state index in [9.17, 15) is 14.7 Å². The van der Waals surface area contributed by atoms with Gasteiger partial charge in [0.2, 0.25) is 5.91 Å². The Morgan fingerprint density at radius 3 is 2.60 bits per heavy atom. The van der Waals surface area contributed by atoms with Gasteiger partial charge in [-0.15, -0.1) is 0 Å². The van der Waals surface area contributed by atoms with Crippen LogP contribution in [0.3, 0.4) is 0 Å². The number of carbonyl (C=O) groups excluding carboxylic acids is 1. The molecule has 0 saturated heterocycles. The normalized spacial score (nSPS) is 17.4. The molecule has 1 aromatic rings. The summed E-state index contributed by atoms with van der Waals surface area (Å²) in [6, 6.07) is 3.55. The molecule has 5 nitrogen and oxygen atoms in total. The highest BCUT2D eigenvalue weighted by atomic mass is 16.4. The van der Waals surface area contributed by atoms with Crippen molar-refractivity contribution in [3.8, 4) is 0 Å². The van der Waals surface area contributed by atoms with Gasteiger partial charge in [-0.3, -0.25) is 14.6 Å². The second kappa shape index (κ2) is 6.03. The van der Waals surface area contributed by atoms with E-state index in [1.54, 1.807) is 31.6 Å². The van der Waals surface area contributed by atoms with Crippen molar-refractivity contribution in [3.05, 3.63) is 24.5 Å². The van der Waals surface area contributed by atoms with Gasteiger partial charge >= 0.3 is 5.97 Å². The highest BCUT2D eigenvalue weighted by molar-refractivity contribution is 5.95. The minimum atomic E-state index is -0.883. The molecule has 1 saturated carbocycles. The Kier molecular flexibility index (Phi) is 4.37. The minimum absolute atomic E-state index is 0.0632. The van der Waals surface area contributed by atoms with Gasteiger partial charge in [0.05, 0.1) is 17.3 Å². The number of hydrogen-bond donors (Lipinski definition) is 1. The Morgan fingerprint density at radius 2 is 2.05 bits per heavy atom. The molecule has 1 aliphatic carbocycles. The van der Waals surface area contributed by atoms with Gasteiger partial charge in [-0.1, -0.05) is 19.3 Å². The van der Waals surface area contributed by atoms with E-state index in [1.807, 2.05) is 0 Å². The van der Waals surface area contributed by atoms with Crippen molar-refractivity contribution < 1.29 is 14.7 Å². The fourth-order valence-electron chi connectivity index (χ4n) is 2.80. The lowest BCUT2D eigenvalue weighted by Gasteiger charge is -2.33. The van der Waals surface area contributed by atoms with Crippen LogP contribution in [0.25, 0.3) is 0 Å². The number of carboxylic acid groups (broad SMARTS) is 1. The van der Waals surface area contributed by atoms with Gasteiger partial charge in [0.1, 0.15) is 0 Å². The van der Waals surface area contributed by atoms with Crippen molar-refractivity contribution in [2.75, 3.05) is 11.9 Å². The fourth-order valence-corrected chi connectivity index (χ4v) is 2.80. The van der Waals surface area contributed by atoms with E-state index in [-0.39, 0.29) is 12.3 Å². The predicted octanol–water partition coefficient (Wildman–Crippen LogP) is 2.47. The maximum absolute atomic E-state index is 12.4. The average molecular weight is 276 g/mol. The molecule has 0 aliphatic heterocycles. The summed E-state index contributed by atoms with van der Waals surface area (Å²) in [7, 11) is 1.66. The second-order valence-corrected chi connectivity index (χ2v) is 5.49. The molecule has 0 unspecified atom stereocenters. The number of nitrogens with zero attached hydrogens (tertiary/aromatic N) is 2. The third kappa shape index (κ3) is 2.98. The number of aromatic nitrogens is 1. The Bertz CT molecular complexity index is 481. The molecule has 0 atom stereocenters. The first-order valence-electron chi connectivity index (χ1n) is 6.95. The second-order valence-electron chi connectivity index (χ2n) is 5.49. The van der Waals surface area contributed by atoms with Crippen molar-refractivity contribution in [2.24, 2.45) is 5.41 Å². The van der Waals surface area contributed by atoms with E-state index in [1.165, 1.54) is 4.90 Å². The Hall–Kier alpha value is -1.91. The molecule has 1 N–H and O–H groups in total. The van der Waals surface area contributed by atoms with Crippen molar-refractivity contribution in [2.45, 2.75) is 38.5 Å². The van der Waals surface area contributed by atoms with Gasteiger partial charge < -0.3 is 10.0 Å². The molecule has 20 heavy (non-hydrogen) atoms. The predicted molar refractivity (Wildman–Crippen MR) is 75.4 cm³/mol. The molecule has 108 valence electrons. The standard InChI is InChI=1S/C15H20N2O3/c1-17(12-6-5-9-16-11-12)13(18)10-15(14(19)20)7-3-2-4-8-15/h5-6,9,11H,2-4,7-8,10H2,1H3,(H,19,20). The molecule has 1 aliphatic rings. The molecule has 5 heteroatoms. The van der Waals surface area contributed by atoms with E-state index < -0.39 is 11.4 Å². The molecule has 0 spiro atoms. The van der Waals surface area contributed by atoms with E-state index >= 15 is 0 Å². The Labute approximate surface area is 118 Å². The van der Waals surface area contributed by atoms with Crippen LogP contribution in [0.4, 0.5) is 5.69 Å². The third-order valence-electron chi connectivity index (χ3n) is 4.16. The number of hydrogen-bond acceptors (Lipinski definition) is 3. The topological polar surface area (TPSA) is 70.5 Å². The van der Waals surface area contributed by atoms with Crippen LogP contribution in [0.5, 0.6) is 0 Å². The van der Waals surface area contributed by atoms with Gasteiger partial charge in [-0.05, 0) is 25.0 Å². The fraction of sp³-hybridized carbons (Fsp3) is 0.533. The monoisotopic (exact) mass is 276 g/mol. The summed E-state index contributed by atoms with van der Waals surface area (Å²) in [5.41, 5.74) is -0.194. The van der Waals surface area contributed by atoms with Crippen LogP contribution in [0.1, 0.15) is 38.5 Å². The Balaban J connectivity index is 2.11. The summed E-state index contributed by atoms with van der Waals surface area (Å²) in [4.78, 5) is 29.4. The van der Waals surface area contributed by atoms with Gasteiger partial charge in [0.25, 0.3) is 0 Å². The third-order valence-corrected chi connectivity index (χ3v) is 4.16. The zero-order valence-electron chi connectivity index (χ0n) is 11.7. The summed E-state index contributed by atoms with van der Waals surface area (Å²) in [5, 5.41) is 9.51. The highest BCUT2D eigenvalue weighted by Gasteiger charge is 2.42. The molecule has 0 bridgehead atoms. The van der Waals surface area contributed by atoms with E-state index in [4.69, 9.17) is 0 Å². The lowest BCUT2D eigenvalue weighted by Crippen LogP contribution is -2.39. The van der Waals surface area contributed by atoms with Crippen molar-refractivity contribution in [1.82, 2.24) is 4.98 Å². The highest BCUT2D eigenvalue weighted by Crippen LogP contribution is 2.40. The summed E-state index contributed by atoms with van der Waals surface area (Å²) in [5.74, 6) is -1.01. The quantitative estimate of drug-likeness (QED) is 0.917. The van der Waals surface area contributed by atoms with Crippen LogP contribution < -0.4 is 4.90 Å². The number of aliphatic carboxylic acids is 1. The largest absolute Gasteiger partial charge is 0.481 e. The first-order chi connectivity index (χ1) is 9.55. The van der Waals surface area contributed by atoms with Crippen molar-refractivity contribution in [1.29, 1.82) is 0 Å². The van der Waals surface area contributed by atoms with Crippen LogP contribution in [0.2, 0.25) is 0 Å². The maximum atomic E-state index is 12.4. The molecule has 1 fully saturated rings. The zero-order chi connectivity index (χ0) is 14.6. The van der Waals surface area contributed by atoms with Gasteiger partial charge in [-0.25, -0.2) is 0 Å². The first-order valence-corrected chi connectivity index (χ1v) is 6.95. The van der Waals surface area contributed by atoms with Crippen LogP contribution >= 0.6 is 0 Å². The number of anilines is 1. The molecule has 1 aromatic heterocycles. The van der Waals surface area contributed by atoms with Crippen molar-refractivity contribution in [3.63, 3.8) is 0 Å². The van der Waals surface area contributed by atoms with E-state index in [0.29, 0.717) is 18.5 Å². The summed E-state index contributed by atoms with van der Waals surface area (Å²) < 4.78 is 0. The minimum Gasteiger partial charge on any atom is -0.481 e. The number of amides is 1. The SMILES string of the molecule is CN(C(=O)CC1(C(=O)O)CCCCC1)c1cccnc1. The summed E-state index contributed by atoms with van der Waals surface area (Å²) >= 11 is 0. The average Bonchev–Trinajstić information content (AvgIpc) is 2.48. The molecule has 2 rings (SSSR count). The lowest BCUT2D eigenvalue weighted by molar-refractivity contribution is -0.153. The van der Waals surface area contributed by atoms with Gasteiger partial charge in [-0.2, -0.15) is 0 Å². The van der Waals surface area contributed by atoms with E-state index in [2.05, 4.69) is 4.98 Å². The zero-order valence-corrected chi connectivity index (χ0v) is 11.7. The first kappa shape index (κ1) is 14.5. The molecule has 0 radical (unpaired) electrons. The molecular weight excluding hydrogens is 256 g/mol. The number of carbonyl (C=O) groups is 2. The Morgan fingerprint density at radius 1 is 1.35 bits per heavy atom. The number of pyridine rings is 1. The van der Waals surface area contributed by atoms with Crippen LogP contribution in [-0.4, -0.2) is 29.0 Å². The van der Waals surface area contributed by atoms with Crippen molar-refractivity contribution >= 4 is 17.6 Å². The molecule has 0 aromatic carbocycles. The van der Waals surface area contributed by atoms with Gasteiger partial charge in [0.15, 0.2) is 0 Å². The molecule has 1 heterocycles. The van der Waals surface area contributed by atoms with Crippen LogP contribution in [0.15, 0.2) is 24.5 Å². The summed E-state index contributed by atoms with van der Waals surface area (Å²) in [6.45, 7) is 0. The maximum Gasteiger partial charge on any atom is 0.310 e. The molecular formula is C15H20N2O3. The smallest absolute Gasteiger partial charge is 0.310 e.